The van der Waals surface area contributed by atoms with Crippen molar-refractivity contribution in [1.82, 2.24) is 15.5 Å². The van der Waals surface area contributed by atoms with E-state index in [1.807, 2.05) is 45.0 Å². The maximum Gasteiger partial charge on any atom is 0.251 e. The van der Waals surface area contributed by atoms with E-state index in [1.54, 1.807) is 6.07 Å². The van der Waals surface area contributed by atoms with Crippen LogP contribution in [0.25, 0.3) is 0 Å². The van der Waals surface area contributed by atoms with Crippen molar-refractivity contribution in [3.63, 3.8) is 0 Å². The molecular weight excluding hydrogens is 362 g/mol. The molecule has 2 aromatic carbocycles. The number of nitrogens with zero attached hydrogens (tertiary/aromatic N) is 1. The molecule has 0 bridgehead atoms. The van der Waals surface area contributed by atoms with Gasteiger partial charge in [0.1, 0.15) is 6.04 Å². The molecule has 2 atom stereocenters. The Balaban J connectivity index is 1.55. The highest BCUT2D eigenvalue weighted by Gasteiger charge is 2.29. The highest BCUT2D eigenvalue weighted by atomic mass is 16.2. The van der Waals surface area contributed by atoms with E-state index in [9.17, 15) is 9.59 Å². The van der Waals surface area contributed by atoms with E-state index in [4.69, 9.17) is 0 Å². The molecule has 2 amide bonds. The van der Waals surface area contributed by atoms with Gasteiger partial charge in [-0.3, -0.25) is 14.5 Å². The highest BCUT2D eigenvalue weighted by Crippen LogP contribution is 2.14. The summed E-state index contributed by atoms with van der Waals surface area (Å²) in [6.45, 7) is 8.54. The van der Waals surface area contributed by atoms with Crippen molar-refractivity contribution in [2.45, 2.75) is 45.8 Å². The van der Waals surface area contributed by atoms with Crippen molar-refractivity contribution >= 4 is 11.8 Å². The van der Waals surface area contributed by atoms with Gasteiger partial charge in [0.05, 0.1) is 0 Å². The van der Waals surface area contributed by atoms with Crippen LogP contribution in [-0.2, 0) is 11.3 Å². The summed E-state index contributed by atoms with van der Waals surface area (Å²) in [4.78, 5) is 27.9. The molecule has 2 aromatic rings. The Bertz CT molecular complexity index is 835. The van der Waals surface area contributed by atoms with Crippen molar-refractivity contribution in [2.75, 3.05) is 13.1 Å². The topological polar surface area (TPSA) is 61.4 Å². The molecule has 2 N–H and O–H groups in total. The summed E-state index contributed by atoms with van der Waals surface area (Å²) in [6.07, 6.45) is 0.926. The van der Waals surface area contributed by atoms with Crippen molar-refractivity contribution < 1.29 is 9.59 Å². The Morgan fingerprint density at radius 1 is 1.10 bits per heavy atom. The van der Waals surface area contributed by atoms with E-state index in [-0.39, 0.29) is 23.8 Å². The van der Waals surface area contributed by atoms with Crippen LogP contribution in [0.4, 0.5) is 0 Å². The maximum atomic E-state index is 12.9. The van der Waals surface area contributed by atoms with Crippen molar-refractivity contribution in [2.24, 2.45) is 5.92 Å². The second-order valence-corrected chi connectivity index (χ2v) is 8.28. The quantitative estimate of drug-likeness (QED) is 0.760. The third kappa shape index (κ3) is 5.91. The Labute approximate surface area is 173 Å². The van der Waals surface area contributed by atoms with E-state index in [0.717, 1.165) is 31.6 Å². The molecule has 5 nitrogen and oxygen atoms in total. The van der Waals surface area contributed by atoms with Crippen LogP contribution in [0, 0.1) is 12.8 Å². The second-order valence-electron chi connectivity index (χ2n) is 8.28. The lowest BCUT2D eigenvalue weighted by Gasteiger charge is -2.24. The Morgan fingerprint density at radius 3 is 2.55 bits per heavy atom. The number of carbonyl (C=O) groups is 2. The van der Waals surface area contributed by atoms with Crippen molar-refractivity contribution in [3.05, 3.63) is 71.3 Å². The largest absolute Gasteiger partial charge is 0.350 e. The zero-order valence-electron chi connectivity index (χ0n) is 17.5. The molecule has 1 aliphatic heterocycles. The zero-order chi connectivity index (χ0) is 20.8. The molecule has 1 heterocycles. The van der Waals surface area contributed by atoms with Gasteiger partial charge < -0.3 is 10.6 Å². The number of benzene rings is 2. The summed E-state index contributed by atoms with van der Waals surface area (Å²) in [5.74, 6) is -0.308. The van der Waals surface area contributed by atoms with Gasteiger partial charge in [0.25, 0.3) is 5.91 Å². The van der Waals surface area contributed by atoms with Crippen LogP contribution < -0.4 is 10.6 Å². The number of likely N-dealkylation sites (tertiary alicyclic amines) is 1. The summed E-state index contributed by atoms with van der Waals surface area (Å²) in [5, 5.41) is 6.07. The van der Waals surface area contributed by atoms with Crippen molar-refractivity contribution in [3.8, 4) is 0 Å². The molecule has 154 valence electrons. The SMILES string of the molecule is Cc1cccc(C(=O)NC(C(=O)NC2CCN(Cc3ccccc3)C2)C(C)C)c1. The number of nitrogens with one attached hydrogen (secondary N) is 2. The monoisotopic (exact) mass is 393 g/mol. The standard InChI is InChI=1S/C24H31N3O2/c1-17(2)22(26-23(28)20-11-7-8-18(3)14-20)24(29)25-21-12-13-27(16-21)15-19-9-5-4-6-10-19/h4-11,14,17,21-22H,12-13,15-16H2,1-3H3,(H,25,29)(H,26,28). The predicted octanol–water partition coefficient (Wildman–Crippen LogP) is 3.14. The van der Waals surface area contributed by atoms with E-state index < -0.39 is 6.04 Å². The first kappa shape index (κ1) is 21.1. The normalized spacial score (nSPS) is 17.9. The van der Waals surface area contributed by atoms with Gasteiger partial charge in [0.15, 0.2) is 0 Å². The Kier molecular flexibility index (Phi) is 7.04. The molecule has 1 saturated heterocycles. The van der Waals surface area contributed by atoms with Crippen LogP contribution in [-0.4, -0.2) is 41.9 Å². The van der Waals surface area contributed by atoms with Gasteiger partial charge in [-0.05, 0) is 37.0 Å². The first-order chi connectivity index (χ1) is 13.9. The fourth-order valence-electron chi connectivity index (χ4n) is 3.77. The molecule has 3 rings (SSSR count). The minimum Gasteiger partial charge on any atom is -0.350 e. The molecule has 0 aromatic heterocycles. The lowest BCUT2D eigenvalue weighted by Crippen LogP contribution is -2.52. The van der Waals surface area contributed by atoms with Crippen LogP contribution in [0.15, 0.2) is 54.6 Å². The van der Waals surface area contributed by atoms with E-state index in [1.165, 1.54) is 5.56 Å². The fourth-order valence-corrected chi connectivity index (χ4v) is 3.77. The smallest absolute Gasteiger partial charge is 0.251 e. The Hall–Kier alpha value is -2.66. The molecule has 2 unspecified atom stereocenters. The molecule has 0 aliphatic carbocycles. The molecule has 1 aliphatic rings. The summed E-state index contributed by atoms with van der Waals surface area (Å²) in [5.41, 5.74) is 2.89. The molecule has 0 radical (unpaired) electrons. The average molecular weight is 394 g/mol. The summed E-state index contributed by atoms with van der Waals surface area (Å²) in [6, 6.07) is 17.4. The average Bonchev–Trinajstić information content (AvgIpc) is 3.13. The van der Waals surface area contributed by atoms with Crippen LogP contribution >= 0.6 is 0 Å². The van der Waals surface area contributed by atoms with E-state index in [2.05, 4.69) is 39.8 Å². The summed E-state index contributed by atoms with van der Waals surface area (Å²) < 4.78 is 0. The van der Waals surface area contributed by atoms with Crippen molar-refractivity contribution in [1.29, 1.82) is 0 Å². The summed E-state index contributed by atoms with van der Waals surface area (Å²) >= 11 is 0. The summed E-state index contributed by atoms with van der Waals surface area (Å²) in [7, 11) is 0. The number of amides is 2. The molecule has 0 spiro atoms. The lowest BCUT2D eigenvalue weighted by atomic mass is 10.0. The van der Waals surface area contributed by atoms with Gasteiger partial charge in [0, 0.05) is 31.2 Å². The molecule has 0 saturated carbocycles. The first-order valence-corrected chi connectivity index (χ1v) is 10.4. The fraction of sp³-hybridized carbons (Fsp3) is 0.417. The van der Waals surface area contributed by atoms with E-state index in [0.29, 0.717) is 5.56 Å². The Morgan fingerprint density at radius 2 is 1.86 bits per heavy atom. The number of rotatable bonds is 7. The van der Waals surface area contributed by atoms with Crippen LogP contribution in [0.5, 0.6) is 0 Å². The number of hydrogen-bond donors (Lipinski definition) is 2. The van der Waals surface area contributed by atoms with Gasteiger partial charge in [-0.2, -0.15) is 0 Å². The maximum absolute atomic E-state index is 12.9. The molecule has 5 heteroatoms. The minimum atomic E-state index is -0.550. The van der Waals surface area contributed by atoms with Crippen LogP contribution in [0.2, 0.25) is 0 Å². The molecule has 29 heavy (non-hydrogen) atoms. The number of hydrogen-bond acceptors (Lipinski definition) is 3. The minimum absolute atomic E-state index is 0.00517. The number of carbonyl (C=O) groups excluding carboxylic acids is 2. The second kappa shape index (κ2) is 9.70. The van der Waals surface area contributed by atoms with E-state index >= 15 is 0 Å². The third-order valence-electron chi connectivity index (χ3n) is 5.38. The first-order valence-electron chi connectivity index (χ1n) is 10.4. The van der Waals surface area contributed by atoms with Crippen LogP contribution in [0.1, 0.15) is 41.8 Å². The van der Waals surface area contributed by atoms with Gasteiger partial charge in [-0.1, -0.05) is 61.9 Å². The predicted molar refractivity (Wildman–Crippen MR) is 116 cm³/mol. The zero-order valence-corrected chi connectivity index (χ0v) is 17.5. The molecule has 1 fully saturated rings. The highest BCUT2D eigenvalue weighted by molar-refractivity contribution is 5.97. The lowest BCUT2D eigenvalue weighted by molar-refractivity contribution is -0.124. The molecular formula is C24H31N3O2. The van der Waals surface area contributed by atoms with Crippen LogP contribution in [0.3, 0.4) is 0 Å². The van der Waals surface area contributed by atoms with Gasteiger partial charge in [-0.25, -0.2) is 0 Å². The van der Waals surface area contributed by atoms with Gasteiger partial charge in [-0.15, -0.1) is 0 Å². The third-order valence-corrected chi connectivity index (χ3v) is 5.38. The van der Waals surface area contributed by atoms with Gasteiger partial charge >= 0.3 is 0 Å². The number of aryl methyl sites for hydroxylation is 1. The van der Waals surface area contributed by atoms with Gasteiger partial charge in [0.2, 0.25) is 5.91 Å².